The van der Waals surface area contributed by atoms with Crippen LogP contribution in [0.25, 0.3) is 16.6 Å². The molecule has 1 N–H and O–H groups in total. The van der Waals surface area contributed by atoms with Crippen LogP contribution in [0.4, 0.5) is 17.2 Å². The average molecular weight is 726 g/mol. The molecule has 0 unspecified atom stereocenters. The van der Waals surface area contributed by atoms with Gasteiger partial charge in [0.25, 0.3) is 0 Å². The molecule has 11 rings (SSSR count). The van der Waals surface area contributed by atoms with E-state index in [1.807, 2.05) is 37.4 Å². The molecule has 6 fully saturated rings. The van der Waals surface area contributed by atoms with Gasteiger partial charge in [-0.05, 0) is 135 Å². The van der Waals surface area contributed by atoms with Crippen molar-refractivity contribution in [3.05, 3.63) is 72.9 Å². The minimum Gasteiger partial charge on any atom is -0.457 e. The van der Waals surface area contributed by atoms with Crippen molar-refractivity contribution in [2.45, 2.75) is 64.7 Å². The number of nitrogens with one attached hydrogen (secondary N) is 1. The standard InChI is InChI=1S/C43H51N9O2/c1-29-16-34(2-5-39(29)54-36-8-11-52-40(21-36)45-28-47-52)48-42-37-4-3-35(20-38(37)44-27-46-42)50-9-6-30(7-10-50)26-49-12-14-51(15-13-49)41(53)25-43-22-31-17-32(23-43)19-33(18-31)24-43/h2-5,8,11,16,20-21,27-28,30-33H,6-7,9-10,12-15,17-19,22-26H2,1H3,(H,44,46,48). The Morgan fingerprint density at radius 2 is 1.63 bits per heavy atom. The van der Waals surface area contributed by atoms with E-state index in [0.717, 1.165) is 109 Å². The molecule has 4 aliphatic carbocycles. The Hall–Kier alpha value is -4.77. The lowest BCUT2D eigenvalue weighted by molar-refractivity contribution is -0.141. The Morgan fingerprint density at radius 3 is 2.39 bits per heavy atom. The van der Waals surface area contributed by atoms with Gasteiger partial charge in [0.15, 0.2) is 5.65 Å². The van der Waals surface area contributed by atoms with Crippen LogP contribution in [0.3, 0.4) is 0 Å². The highest BCUT2D eigenvalue weighted by Gasteiger charge is 2.51. The summed E-state index contributed by atoms with van der Waals surface area (Å²) in [4.78, 5) is 34.4. The number of rotatable bonds is 9. The number of hydrogen-bond donors (Lipinski definition) is 1. The van der Waals surface area contributed by atoms with Gasteiger partial charge in [0.2, 0.25) is 5.91 Å². The number of ether oxygens (including phenoxy) is 1. The van der Waals surface area contributed by atoms with Crippen molar-refractivity contribution in [1.82, 2.24) is 34.4 Å². The predicted molar refractivity (Wildman–Crippen MR) is 210 cm³/mol. The number of amides is 1. The lowest BCUT2D eigenvalue weighted by Gasteiger charge is -2.57. The SMILES string of the molecule is Cc1cc(Nc2ncnc3cc(N4CCC(CN5CCN(C(=O)CC67CC8CC(CC(C8)C6)C7)CC5)CC4)ccc23)ccc1Oc1ccn2ncnc2c1. The third-order valence-corrected chi connectivity index (χ3v) is 13.5. The third-order valence-electron chi connectivity index (χ3n) is 13.5. The minimum absolute atomic E-state index is 0.342. The van der Waals surface area contributed by atoms with Crippen LogP contribution in [0.15, 0.2) is 67.4 Å². The molecule has 11 heteroatoms. The summed E-state index contributed by atoms with van der Waals surface area (Å²) < 4.78 is 7.88. The molecule has 2 aromatic carbocycles. The summed E-state index contributed by atoms with van der Waals surface area (Å²) in [6.45, 7) is 9.14. The molecule has 280 valence electrons. The number of piperazine rings is 1. The highest BCUT2D eigenvalue weighted by Crippen LogP contribution is 2.61. The summed E-state index contributed by atoms with van der Waals surface area (Å²) >= 11 is 0. The molecule has 4 bridgehead atoms. The van der Waals surface area contributed by atoms with Crippen LogP contribution in [-0.4, -0.2) is 86.1 Å². The van der Waals surface area contributed by atoms with Crippen LogP contribution in [0.1, 0.15) is 63.4 Å². The van der Waals surface area contributed by atoms with E-state index in [-0.39, 0.29) is 0 Å². The fraction of sp³-hybridized carbons (Fsp3) is 0.512. The summed E-state index contributed by atoms with van der Waals surface area (Å²) in [5.41, 5.74) is 5.17. The van der Waals surface area contributed by atoms with E-state index in [2.05, 4.69) is 64.3 Å². The first-order valence-corrected chi connectivity index (χ1v) is 20.3. The van der Waals surface area contributed by atoms with Gasteiger partial charge in [-0.25, -0.2) is 19.5 Å². The van der Waals surface area contributed by atoms with Gasteiger partial charge in [-0.1, -0.05) is 0 Å². The van der Waals surface area contributed by atoms with Gasteiger partial charge in [-0.3, -0.25) is 9.69 Å². The highest BCUT2D eigenvalue weighted by atomic mass is 16.5. The minimum atomic E-state index is 0.342. The van der Waals surface area contributed by atoms with Crippen LogP contribution in [0.2, 0.25) is 0 Å². The topological polar surface area (TPSA) is 104 Å². The zero-order valence-corrected chi connectivity index (χ0v) is 31.4. The van der Waals surface area contributed by atoms with Crippen molar-refractivity contribution in [2.24, 2.45) is 29.1 Å². The lowest BCUT2D eigenvalue weighted by atomic mass is 9.49. The summed E-state index contributed by atoms with van der Waals surface area (Å²) in [7, 11) is 0. The number of pyridine rings is 1. The van der Waals surface area contributed by atoms with Crippen LogP contribution in [0.5, 0.6) is 11.5 Å². The molecular formula is C43H51N9O2. The van der Waals surface area contributed by atoms with Crippen molar-refractivity contribution in [3.8, 4) is 11.5 Å². The monoisotopic (exact) mass is 725 g/mol. The lowest BCUT2D eigenvalue weighted by Crippen LogP contribution is -2.53. The van der Waals surface area contributed by atoms with Gasteiger partial charge < -0.3 is 19.9 Å². The normalized spacial score (nSPS) is 25.8. The largest absolute Gasteiger partial charge is 0.457 e. The van der Waals surface area contributed by atoms with Crippen molar-refractivity contribution < 1.29 is 9.53 Å². The zero-order valence-electron chi connectivity index (χ0n) is 31.4. The van der Waals surface area contributed by atoms with Gasteiger partial charge in [-0.15, -0.1) is 0 Å². The third kappa shape index (κ3) is 6.76. The van der Waals surface area contributed by atoms with E-state index in [1.165, 1.54) is 63.4 Å². The molecule has 2 aliphatic heterocycles. The molecule has 4 saturated carbocycles. The second-order valence-corrected chi connectivity index (χ2v) is 17.3. The second kappa shape index (κ2) is 13.8. The van der Waals surface area contributed by atoms with Gasteiger partial charge in [0.1, 0.15) is 30.0 Å². The van der Waals surface area contributed by atoms with E-state index in [1.54, 1.807) is 10.8 Å². The van der Waals surface area contributed by atoms with Crippen molar-refractivity contribution in [1.29, 1.82) is 0 Å². The number of nitrogens with zero attached hydrogens (tertiary/aromatic N) is 8. The summed E-state index contributed by atoms with van der Waals surface area (Å²) in [5.74, 6) is 6.16. The Morgan fingerprint density at radius 1 is 0.852 bits per heavy atom. The number of aryl methyl sites for hydroxylation is 1. The number of hydrogen-bond acceptors (Lipinski definition) is 9. The number of fused-ring (bicyclic) bond motifs is 2. The van der Waals surface area contributed by atoms with Gasteiger partial charge in [0, 0.05) is 81.3 Å². The van der Waals surface area contributed by atoms with Crippen LogP contribution >= 0.6 is 0 Å². The summed E-state index contributed by atoms with van der Waals surface area (Å²) in [6, 6.07) is 16.4. The van der Waals surface area contributed by atoms with E-state index in [0.29, 0.717) is 23.0 Å². The Bertz CT molecular complexity index is 2130. The first-order valence-electron chi connectivity index (χ1n) is 20.3. The van der Waals surface area contributed by atoms with Crippen LogP contribution in [0, 0.1) is 36.0 Å². The van der Waals surface area contributed by atoms with E-state index >= 15 is 0 Å². The van der Waals surface area contributed by atoms with E-state index in [9.17, 15) is 4.79 Å². The molecular weight excluding hydrogens is 675 g/mol. The molecule has 54 heavy (non-hydrogen) atoms. The average Bonchev–Trinajstić information content (AvgIpc) is 3.64. The molecule has 0 spiro atoms. The molecule has 3 aromatic heterocycles. The van der Waals surface area contributed by atoms with Crippen molar-refractivity contribution in [3.63, 3.8) is 0 Å². The Balaban J connectivity index is 0.711. The number of aromatic nitrogens is 5. The second-order valence-electron chi connectivity index (χ2n) is 17.3. The maximum atomic E-state index is 13.5. The quantitative estimate of drug-likeness (QED) is 0.166. The number of benzene rings is 2. The Labute approximate surface area is 317 Å². The van der Waals surface area contributed by atoms with Gasteiger partial charge >= 0.3 is 0 Å². The van der Waals surface area contributed by atoms with Crippen LogP contribution < -0.4 is 15.0 Å². The van der Waals surface area contributed by atoms with E-state index in [4.69, 9.17) is 4.74 Å². The zero-order chi connectivity index (χ0) is 36.2. The number of piperidine rings is 1. The number of carbonyl (C=O) groups excluding carboxylic acids is 1. The summed E-state index contributed by atoms with van der Waals surface area (Å²) in [5, 5.41) is 8.65. The first kappa shape index (κ1) is 33.8. The molecule has 0 radical (unpaired) electrons. The molecule has 5 heterocycles. The van der Waals surface area contributed by atoms with Crippen molar-refractivity contribution in [2.75, 3.05) is 56.0 Å². The molecule has 2 saturated heterocycles. The predicted octanol–water partition coefficient (Wildman–Crippen LogP) is 7.48. The first-order chi connectivity index (χ1) is 26.4. The maximum Gasteiger partial charge on any atom is 0.223 e. The van der Waals surface area contributed by atoms with Gasteiger partial charge in [-0.2, -0.15) is 5.10 Å². The smallest absolute Gasteiger partial charge is 0.223 e. The molecule has 6 aliphatic rings. The van der Waals surface area contributed by atoms with Crippen molar-refractivity contribution >= 4 is 39.6 Å². The molecule has 5 aromatic rings. The highest BCUT2D eigenvalue weighted by molar-refractivity contribution is 5.92. The fourth-order valence-electron chi connectivity index (χ4n) is 11.2. The fourth-order valence-corrected chi connectivity index (χ4v) is 11.2. The number of anilines is 3. The maximum absolute atomic E-state index is 13.5. The Kier molecular flexibility index (Phi) is 8.64. The van der Waals surface area contributed by atoms with E-state index < -0.39 is 0 Å². The number of carbonyl (C=O) groups is 1. The molecule has 1 amide bonds. The van der Waals surface area contributed by atoms with Crippen LogP contribution in [-0.2, 0) is 4.79 Å². The molecule has 0 atom stereocenters. The summed E-state index contributed by atoms with van der Waals surface area (Å²) in [6.07, 6.45) is 16.5. The molecule has 11 nitrogen and oxygen atoms in total. The van der Waals surface area contributed by atoms with Gasteiger partial charge in [0.05, 0.1) is 5.52 Å².